The number of amides is 1. The minimum absolute atomic E-state index is 0.0688. The van der Waals surface area contributed by atoms with Gasteiger partial charge in [0.25, 0.3) is 5.91 Å². The largest absolute Gasteiger partial charge is 0.506 e. The second kappa shape index (κ2) is 18.7. The molecule has 6 aromatic rings. The molecule has 61 heavy (non-hydrogen) atoms. The second-order valence-corrected chi connectivity index (χ2v) is 18.7. The number of aromatic amines is 1. The van der Waals surface area contributed by atoms with E-state index in [2.05, 4.69) is 32.3 Å². The normalized spacial score (nSPS) is 16.9. The van der Waals surface area contributed by atoms with Crippen molar-refractivity contribution in [1.82, 2.24) is 20.1 Å². The molecule has 2 fully saturated rings. The molecule has 8 rings (SSSR count). The number of piperazine rings is 1. The number of carbonyl (C=O) groups is 1. The first-order chi connectivity index (χ1) is 29.5. The lowest BCUT2D eigenvalue weighted by molar-refractivity contribution is -0.112. The number of fused-ring (bicyclic) bond motifs is 2. The minimum atomic E-state index is -3.82. The minimum Gasteiger partial charge on any atom is -0.506 e. The number of benzene rings is 4. The maximum Gasteiger partial charge on any atom is 0.251 e. The first-order valence-electron chi connectivity index (χ1n) is 20.9. The summed E-state index contributed by atoms with van der Waals surface area (Å²) in [4.78, 5) is 32.8. The Morgan fingerprint density at radius 1 is 0.934 bits per heavy atom. The van der Waals surface area contributed by atoms with Crippen molar-refractivity contribution < 1.29 is 28.2 Å². The fraction of sp³-hybridized carbons (Fsp3) is 0.319. The van der Waals surface area contributed by atoms with Gasteiger partial charge in [-0.2, -0.15) is 0 Å². The van der Waals surface area contributed by atoms with Gasteiger partial charge < -0.3 is 30.6 Å². The SMILES string of the molecule is C[C@@H](c1ccc(S(=O)(=O)c2cccc(OC=CC(=O)Nc3ccc(CNC[C@H](O)c4ccc(O)c5[nH]c(=O)ccc45)c4sccc34)c2)cc1)N1CCN(C2CCCCC2)CC1. The fourth-order valence-corrected chi connectivity index (χ4v) is 10.9. The summed E-state index contributed by atoms with van der Waals surface area (Å²) < 4.78 is 34.0. The summed E-state index contributed by atoms with van der Waals surface area (Å²) in [5, 5.41) is 30.7. The highest BCUT2D eigenvalue weighted by molar-refractivity contribution is 7.91. The van der Waals surface area contributed by atoms with Gasteiger partial charge in [0, 0.05) is 84.7 Å². The van der Waals surface area contributed by atoms with E-state index in [0.29, 0.717) is 23.2 Å². The maximum atomic E-state index is 13.7. The third-order valence-electron chi connectivity index (χ3n) is 12.1. The van der Waals surface area contributed by atoms with Crippen LogP contribution in [0.3, 0.4) is 0 Å². The summed E-state index contributed by atoms with van der Waals surface area (Å²) in [6.45, 7) is 7.03. The Morgan fingerprint density at radius 2 is 1.72 bits per heavy atom. The number of sulfone groups is 1. The number of aliphatic hydroxyl groups excluding tert-OH is 1. The van der Waals surface area contributed by atoms with E-state index in [9.17, 15) is 28.2 Å². The molecular formula is C47H51N5O7S2. The lowest BCUT2D eigenvalue weighted by Gasteiger charge is -2.42. The number of pyridine rings is 1. The van der Waals surface area contributed by atoms with Crippen molar-refractivity contribution in [3.05, 3.63) is 136 Å². The quantitative estimate of drug-likeness (QED) is 0.0543. The van der Waals surface area contributed by atoms with Crippen molar-refractivity contribution in [3.63, 3.8) is 0 Å². The number of ether oxygens (including phenoxy) is 1. The number of carbonyl (C=O) groups excluding carboxylic acids is 1. The van der Waals surface area contributed by atoms with Crippen molar-refractivity contribution in [3.8, 4) is 11.5 Å². The molecule has 12 nitrogen and oxygen atoms in total. The third-order valence-corrected chi connectivity index (χ3v) is 14.8. The molecule has 3 heterocycles. The molecule has 1 saturated carbocycles. The van der Waals surface area contributed by atoms with Crippen molar-refractivity contribution in [2.45, 2.75) is 73.6 Å². The Morgan fingerprint density at radius 3 is 2.51 bits per heavy atom. The number of nitrogens with zero attached hydrogens (tertiary/aromatic N) is 2. The van der Waals surface area contributed by atoms with E-state index in [1.807, 2.05) is 35.7 Å². The average molecular weight is 862 g/mol. The number of rotatable bonds is 14. The molecule has 1 aliphatic carbocycles. The standard InChI is InChI=1S/C47H51N5O7S2/c1-31(51-22-24-52(25-23-51)34-6-3-2-4-7-34)32-10-13-36(14-11-32)61(57,58)37-9-5-8-35(28-37)59-26-20-45(56)49-41-17-12-33(47-40(41)21-27-60-47)29-48-30-43(54)38-15-18-42(53)46-39(38)16-19-44(55)50-46/h5,8-21,26-28,31,34,43,48,53-54H,2-4,6-7,22-25,29-30H2,1H3,(H,49,56)(H,50,55)/t31-,43-/m0/s1. The summed E-state index contributed by atoms with van der Waals surface area (Å²) >= 11 is 1.53. The number of aromatic hydroxyl groups is 1. The molecule has 0 bridgehead atoms. The second-order valence-electron chi connectivity index (χ2n) is 15.9. The number of hydrogen-bond acceptors (Lipinski definition) is 11. The topological polar surface area (TPSA) is 164 Å². The molecule has 5 N–H and O–H groups in total. The molecule has 14 heteroatoms. The van der Waals surface area contributed by atoms with Crippen LogP contribution in [0, 0.1) is 0 Å². The molecule has 4 aromatic carbocycles. The summed E-state index contributed by atoms with van der Waals surface area (Å²) in [7, 11) is -3.82. The van der Waals surface area contributed by atoms with E-state index in [0.717, 1.165) is 53.4 Å². The van der Waals surface area contributed by atoms with E-state index in [4.69, 9.17) is 4.74 Å². The van der Waals surface area contributed by atoms with E-state index in [-0.39, 0.29) is 45.0 Å². The van der Waals surface area contributed by atoms with Crippen LogP contribution < -0.4 is 20.9 Å². The fourth-order valence-electron chi connectivity index (χ4n) is 8.64. The highest BCUT2D eigenvalue weighted by Gasteiger charge is 2.28. The van der Waals surface area contributed by atoms with Crippen molar-refractivity contribution >= 4 is 53.8 Å². The Labute approximate surface area is 359 Å². The van der Waals surface area contributed by atoms with Crippen LogP contribution in [-0.4, -0.2) is 78.1 Å². The van der Waals surface area contributed by atoms with Gasteiger partial charge in [0.15, 0.2) is 0 Å². The number of H-pyrrole nitrogens is 1. The Kier molecular flexibility index (Phi) is 13.0. The first kappa shape index (κ1) is 42.3. The smallest absolute Gasteiger partial charge is 0.251 e. The predicted octanol–water partition coefficient (Wildman–Crippen LogP) is 7.65. The predicted molar refractivity (Wildman–Crippen MR) is 240 cm³/mol. The molecule has 2 aliphatic rings. The van der Waals surface area contributed by atoms with Crippen LogP contribution in [0.25, 0.3) is 21.0 Å². The molecule has 1 amide bonds. The van der Waals surface area contributed by atoms with Crippen LogP contribution in [0.15, 0.2) is 123 Å². The number of aromatic nitrogens is 1. The van der Waals surface area contributed by atoms with Crippen molar-refractivity contribution in [1.29, 1.82) is 0 Å². The first-order valence-corrected chi connectivity index (χ1v) is 23.2. The Hall–Kier alpha value is -5.35. The number of phenolic OH excluding ortho intramolecular Hbond substituents is 1. The molecule has 1 aliphatic heterocycles. The van der Waals surface area contributed by atoms with Crippen LogP contribution >= 0.6 is 11.3 Å². The summed E-state index contributed by atoms with van der Waals surface area (Å²) in [6, 6.07) is 26.0. The van der Waals surface area contributed by atoms with Gasteiger partial charge in [-0.15, -0.1) is 11.3 Å². The highest BCUT2D eigenvalue weighted by Crippen LogP contribution is 2.33. The van der Waals surface area contributed by atoms with E-state index >= 15 is 0 Å². The number of phenols is 1. The van der Waals surface area contributed by atoms with Gasteiger partial charge >= 0.3 is 0 Å². The summed E-state index contributed by atoms with van der Waals surface area (Å²) in [5.41, 5.74) is 3.19. The van der Waals surface area contributed by atoms with E-state index in [1.54, 1.807) is 36.4 Å². The molecule has 2 aromatic heterocycles. The van der Waals surface area contributed by atoms with Gasteiger partial charge in [-0.25, -0.2) is 8.42 Å². The van der Waals surface area contributed by atoms with Crippen LogP contribution in [0.2, 0.25) is 0 Å². The zero-order chi connectivity index (χ0) is 42.5. The van der Waals surface area contributed by atoms with Gasteiger partial charge in [-0.1, -0.05) is 49.6 Å². The van der Waals surface area contributed by atoms with Crippen molar-refractivity contribution in [2.75, 3.05) is 38.0 Å². The van der Waals surface area contributed by atoms with Crippen LogP contribution in [0.1, 0.15) is 67.9 Å². The van der Waals surface area contributed by atoms with E-state index < -0.39 is 21.8 Å². The Bertz CT molecular complexity index is 2700. The van der Waals surface area contributed by atoms with Gasteiger partial charge in [0.1, 0.15) is 11.5 Å². The number of anilines is 1. The van der Waals surface area contributed by atoms with Crippen LogP contribution in [-0.2, 0) is 21.2 Å². The maximum absolute atomic E-state index is 13.7. The van der Waals surface area contributed by atoms with Gasteiger partial charge in [-0.3, -0.25) is 19.4 Å². The highest BCUT2D eigenvalue weighted by atomic mass is 32.2. The molecule has 0 radical (unpaired) electrons. The Balaban J connectivity index is 0.839. The van der Waals surface area contributed by atoms with Crippen LogP contribution in [0.4, 0.5) is 5.69 Å². The molecule has 1 saturated heterocycles. The lowest BCUT2D eigenvalue weighted by Crippen LogP contribution is -2.51. The molecular weight excluding hydrogens is 811 g/mol. The number of nitrogens with one attached hydrogen (secondary N) is 3. The molecule has 318 valence electrons. The third kappa shape index (κ3) is 9.60. The molecule has 0 spiro atoms. The lowest BCUT2D eigenvalue weighted by atomic mass is 9.93. The average Bonchev–Trinajstić information content (AvgIpc) is 3.79. The van der Waals surface area contributed by atoms with Gasteiger partial charge in [0.05, 0.1) is 27.7 Å². The summed E-state index contributed by atoms with van der Waals surface area (Å²) in [6.07, 6.45) is 8.25. The van der Waals surface area contributed by atoms with Crippen LogP contribution in [0.5, 0.6) is 11.5 Å². The summed E-state index contributed by atoms with van der Waals surface area (Å²) in [5.74, 6) is -0.215. The number of thiophene rings is 1. The van der Waals surface area contributed by atoms with Gasteiger partial charge in [-0.05, 0) is 96.4 Å². The number of hydrogen-bond donors (Lipinski definition) is 5. The monoisotopic (exact) mass is 861 g/mol. The zero-order valence-corrected chi connectivity index (χ0v) is 35.7. The number of aliphatic hydroxyl groups is 1. The van der Waals surface area contributed by atoms with E-state index in [1.165, 1.54) is 80.0 Å². The van der Waals surface area contributed by atoms with Crippen molar-refractivity contribution in [2.24, 2.45) is 0 Å². The van der Waals surface area contributed by atoms with Gasteiger partial charge in [0.2, 0.25) is 15.4 Å². The zero-order valence-electron chi connectivity index (χ0n) is 34.0. The molecule has 0 unspecified atom stereocenters. The molecule has 2 atom stereocenters.